The number of carbonyl (C=O) groups excluding carboxylic acids is 2. The number of hydrogen-bond acceptors (Lipinski definition) is 9. The number of nitrogens with one attached hydrogen (secondary N) is 2. The van der Waals surface area contributed by atoms with Gasteiger partial charge in [-0.15, -0.1) is 0 Å². The van der Waals surface area contributed by atoms with Crippen molar-refractivity contribution < 1.29 is 33.3 Å². The standard InChI is InChI=1S/C23H24N4O7/c1-13(28)34-22-20(32-4)8-14(9-21(22)33-5)12-24-27-23(29)17-11-16(25-26-17)15-6-7-18(30-2)19(10-15)31-3/h6-12H,1-5H3,(H,25,26)(H,27,29). The Morgan fingerprint density at radius 1 is 0.912 bits per heavy atom. The van der Waals surface area contributed by atoms with E-state index >= 15 is 0 Å². The second kappa shape index (κ2) is 10.9. The molecule has 34 heavy (non-hydrogen) atoms. The fourth-order valence-corrected chi connectivity index (χ4v) is 3.03. The van der Waals surface area contributed by atoms with E-state index in [1.165, 1.54) is 34.5 Å². The van der Waals surface area contributed by atoms with Crippen LogP contribution in [0.5, 0.6) is 28.7 Å². The van der Waals surface area contributed by atoms with E-state index in [0.29, 0.717) is 22.8 Å². The van der Waals surface area contributed by atoms with Gasteiger partial charge in [0, 0.05) is 18.1 Å². The third-order valence-electron chi connectivity index (χ3n) is 4.61. The second-order valence-corrected chi connectivity index (χ2v) is 6.78. The molecule has 11 heteroatoms. The summed E-state index contributed by atoms with van der Waals surface area (Å²) in [6, 6.07) is 10.1. The minimum Gasteiger partial charge on any atom is -0.493 e. The molecule has 0 radical (unpaired) electrons. The molecule has 178 valence electrons. The van der Waals surface area contributed by atoms with Crippen LogP contribution in [-0.2, 0) is 4.79 Å². The van der Waals surface area contributed by atoms with E-state index in [1.54, 1.807) is 43.5 Å². The quantitative estimate of drug-likeness (QED) is 0.212. The van der Waals surface area contributed by atoms with Crippen LogP contribution >= 0.6 is 0 Å². The average molecular weight is 468 g/mol. The maximum atomic E-state index is 12.5. The minimum atomic E-state index is -0.516. The molecule has 0 saturated carbocycles. The Bertz CT molecular complexity index is 1190. The monoisotopic (exact) mass is 468 g/mol. The summed E-state index contributed by atoms with van der Waals surface area (Å²) in [5.74, 6) is 0.820. The molecule has 1 amide bonds. The maximum absolute atomic E-state index is 12.5. The number of hydrazone groups is 1. The highest BCUT2D eigenvalue weighted by atomic mass is 16.6. The van der Waals surface area contributed by atoms with Crippen molar-refractivity contribution in [2.75, 3.05) is 28.4 Å². The van der Waals surface area contributed by atoms with Gasteiger partial charge in [0.15, 0.2) is 23.0 Å². The van der Waals surface area contributed by atoms with Gasteiger partial charge in [-0.05, 0) is 36.4 Å². The van der Waals surface area contributed by atoms with Crippen molar-refractivity contribution in [2.24, 2.45) is 5.10 Å². The maximum Gasteiger partial charge on any atom is 0.308 e. The number of aromatic amines is 1. The Morgan fingerprint density at radius 2 is 1.56 bits per heavy atom. The first-order valence-electron chi connectivity index (χ1n) is 9.95. The van der Waals surface area contributed by atoms with Crippen molar-refractivity contribution >= 4 is 18.1 Å². The highest BCUT2D eigenvalue weighted by Crippen LogP contribution is 2.38. The average Bonchev–Trinajstić information content (AvgIpc) is 3.34. The lowest BCUT2D eigenvalue weighted by atomic mass is 10.1. The lowest BCUT2D eigenvalue weighted by Crippen LogP contribution is -2.18. The molecule has 0 bridgehead atoms. The molecule has 11 nitrogen and oxygen atoms in total. The predicted molar refractivity (Wildman–Crippen MR) is 123 cm³/mol. The molecular formula is C23H24N4O7. The fourth-order valence-electron chi connectivity index (χ4n) is 3.03. The van der Waals surface area contributed by atoms with E-state index in [1.807, 2.05) is 0 Å². The van der Waals surface area contributed by atoms with Gasteiger partial charge in [0.1, 0.15) is 5.69 Å². The summed E-state index contributed by atoms with van der Waals surface area (Å²) in [7, 11) is 5.95. The summed E-state index contributed by atoms with van der Waals surface area (Å²) in [4.78, 5) is 23.8. The van der Waals surface area contributed by atoms with Crippen molar-refractivity contribution in [3.63, 3.8) is 0 Å². The number of methoxy groups -OCH3 is 4. The summed E-state index contributed by atoms with van der Waals surface area (Å²) in [5, 5.41) is 10.8. The summed E-state index contributed by atoms with van der Waals surface area (Å²) in [6.07, 6.45) is 1.39. The lowest BCUT2D eigenvalue weighted by molar-refractivity contribution is -0.132. The van der Waals surface area contributed by atoms with E-state index in [2.05, 4.69) is 20.7 Å². The molecule has 3 rings (SSSR count). The number of amides is 1. The fraction of sp³-hybridized carbons (Fsp3) is 0.217. The molecule has 3 aromatic rings. The van der Waals surface area contributed by atoms with E-state index in [-0.39, 0.29) is 22.9 Å². The van der Waals surface area contributed by atoms with Gasteiger partial charge in [-0.3, -0.25) is 14.7 Å². The number of carbonyl (C=O) groups is 2. The number of aromatic nitrogens is 2. The zero-order valence-electron chi connectivity index (χ0n) is 19.3. The molecule has 1 heterocycles. The normalized spacial score (nSPS) is 10.6. The van der Waals surface area contributed by atoms with Crippen LogP contribution in [0, 0.1) is 0 Å². The topological polar surface area (TPSA) is 133 Å². The Kier molecular flexibility index (Phi) is 7.70. The van der Waals surface area contributed by atoms with Gasteiger partial charge in [0.25, 0.3) is 5.91 Å². The van der Waals surface area contributed by atoms with Crippen molar-refractivity contribution in [1.82, 2.24) is 15.6 Å². The third-order valence-corrected chi connectivity index (χ3v) is 4.61. The number of benzene rings is 2. The SMILES string of the molecule is COc1ccc(-c2cc(C(=O)NN=Cc3cc(OC)c(OC(C)=O)c(OC)c3)[nH]n2)cc1OC. The first-order chi connectivity index (χ1) is 16.4. The van der Waals surface area contributed by atoms with Crippen LogP contribution in [0.2, 0.25) is 0 Å². The first-order valence-corrected chi connectivity index (χ1v) is 9.95. The van der Waals surface area contributed by atoms with Crippen LogP contribution in [0.3, 0.4) is 0 Å². The van der Waals surface area contributed by atoms with Crippen molar-refractivity contribution in [1.29, 1.82) is 0 Å². The Labute approximate surface area is 195 Å². The number of rotatable bonds is 9. The summed E-state index contributed by atoms with van der Waals surface area (Å²) in [6.45, 7) is 1.27. The van der Waals surface area contributed by atoms with Crippen LogP contribution in [0.1, 0.15) is 23.0 Å². The van der Waals surface area contributed by atoms with Gasteiger partial charge in [0.2, 0.25) is 5.75 Å². The number of nitrogens with zero attached hydrogens (tertiary/aromatic N) is 2. The number of hydrogen-bond donors (Lipinski definition) is 2. The van der Waals surface area contributed by atoms with Gasteiger partial charge in [-0.2, -0.15) is 10.2 Å². The number of esters is 1. The smallest absolute Gasteiger partial charge is 0.308 e. The van der Waals surface area contributed by atoms with Crippen molar-refractivity contribution in [2.45, 2.75) is 6.92 Å². The Morgan fingerprint density at radius 3 is 2.15 bits per heavy atom. The molecule has 0 unspecified atom stereocenters. The van der Waals surface area contributed by atoms with Gasteiger partial charge in [0.05, 0.1) is 40.3 Å². The highest BCUT2D eigenvalue weighted by molar-refractivity contribution is 5.94. The first kappa shape index (κ1) is 24.1. The zero-order chi connectivity index (χ0) is 24.7. The van der Waals surface area contributed by atoms with Crippen LogP contribution in [0.15, 0.2) is 41.5 Å². The largest absolute Gasteiger partial charge is 0.493 e. The van der Waals surface area contributed by atoms with E-state index in [9.17, 15) is 9.59 Å². The van der Waals surface area contributed by atoms with Gasteiger partial charge < -0.3 is 23.7 Å². The van der Waals surface area contributed by atoms with Crippen LogP contribution < -0.4 is 29.1 Å². The molecule has 0 atom stereocenters. The molecule has 2 aromatic carbocycles. The summed E-state index contributed by atoms with van der Waals surface area (Å²) in [5.41, 5.74) is 4.46. The van der Waals surface area contributed by atoms with Gasteiger partial charge in [-0.25, -0.2) is 5.43 Å². The summed E-state index contributed by atoms with van der Waals surface area (Å²) >= 11 is 0. The van der Waals surface area contributed by atoms with Gasteiger partial charge >= 0.3 is 5.97 Å². The number of H-pyrrole nitrogens is 1. The molecule has 0 aliphatic rings. The van der Waals surface area contributed by atoms with E-state index < -0.39 is 11.9 Å². The molecule has 0 saturated heterocycles. The Hall–Kier alpha value is -4.54. The van der Waals surface area contributed by atoms with Crippen molar-refractivity contribution in [3.05, 3.63) is 47.7 Å². The lowest BCUT2D eigenvalue weighted by Gasteiger charge is -2.13. The highest BCUT2D eigenvalue weighted by Gasteiger charge is 2.16. The Balaban J connectivity index is 1.74. The minimum absolute atomic E-state index is 0.152. The van der Waals surface area contributed by atoms with Crippen molar-refractivity contribution in [3.8, 4) is 40.0 Å². The van der Waals surface area contributed by atoms with Crippen LogP contribution in [0.25, 0.3) is 11.3 Å². The third kappa shape index (κ3) is 5.44. The zero-order valence-corrected chi connectivity index (χ0v) is 19.3. The molecular weight excluding hydrogens is 444 g/mol. The van der Waals surface area contributed by atoms with Gasteiger partial charge in [-0.1, -0.05) is 0 Å². The summed E-state index contributed by atoms with van der Waals surface area (Å²) < 4.78 is 26.2. The molecule has 1 aromatic heterocycles. The second-order valence-electron chi connectivity index (χ2n) is 6.78. The molecule has 0 spiro atoms. The van der Waals surface area contributed by atoms with Crippen LogP contribution in [-0.4, -0.2) is 56.7 Å². The van der Waals surface area contributed by atoms with E-state index in [0.717, 1.165) is 5.56 Å². The molecule has 0 fully saturated rings. The van der Waals surface area contributed by atoms with E-state index in [4.69, 9.17) is 23.7 Å². The van der Waals surface area contributed by atoms with Crippen LogP contribution in [0.4, 0.5) is 0 Å². The number of ether oxygens (including phenoxy) is 5. The molecule has 0 aliphatic heterocycles. The predicted octanol–water partition coefficient (Wildman–Crippen LogP) is 2.80. The molecule has 0 aliphatic carbocycles. The molecule has 2 N–H and O–H groups in total.